The van der Waals surface area contributed by atoms with Gasteiger partial charge in [0.05, 0.1) is 11.7 Å². The molecule has 0 saturated heterocycles. The number of aryl methyl sites for hydroxylation is 1. The molecule has 0 aliphatic carbocycles. The summed E-state index contributed by atoms with van der Waals surface area (Å²) in [6.07, 6.45) is 5.28. The number of carbonyl (C=O) groups excluding carboxylic acids is 1. The fourth-order valence-corrected chi connectivity index (χ4v) is 2.98. The van der Waals surface area contributed by atoms with Gasteiger partial charge in [0.2, 0.25) is 0 Å². The molecule has 0 aliphatic heterocycles. The molecule has 2 aromatic carbocycles. The van der Waals surface area contributed by atoms with Crippen LogP contribution in [0.5, 0.6) is 0 Å². The van der Waals surface area contributed by atoms with Crippen molar-refractivity contribution in [3.8, 4) is 11.1 Å². The maximum atomic E-state index is 11.5. The molecule has 144 valence electrons. The predicted molar refractivity (Wildman–Crippen MR) is 107 cm³/mol. The Labute approximate surface area is 161 Å². The molecule has 0 saturated carbocycles. The highest BCUT2D eigenvalue weighted by Gasteiger charge is 2.08. The SMILES string of the molecule is CCCC(=O)OC(C)CCCCc1ccc(-c2ccc(C(=O)O)cc2)cc1. The van der Waals surface area contributed by atoms with Gasteiger partial charge in [-0.3, -0.25) is 4.79 Å². The number of hydrogen-bond acceptors (Lipinski definition) is 3. The molecule has 2 aromatic rings. The van der Waals surface area contributed by atoms with E-state index >= 15 is 0 Å². The zero-order valence-corrected chi connectivity index (χ0v) is 16.1. The highest BCUT2D eigenvalue weighted by Crippen LogP contribution is 2.21. The molecule has 0 heterocycles. The molecule has 0 fully saturated rings. The number of hydrogen-bond donors (Lipinski definition) is 1. The zero-order chi connectivity index (χ0) is 19.6. The van der Waals surface area contributed by atoms with Crippen molar-refractivity contribution in [1.29, 1.82) is 0 Å². The van der Waals surface area contributed by atoms with Crippen LogP contribution in [0.4, 0.5) is 0 Å². The van der Waals surface area contributed by atoms with Gasteiger partial charge in [-0.05, 0) is 67.9 Å². The quantitative estimate of drug-likeness (QED) is 0.444. The Kier molecular flexibility index (Phi) is 8.05. The molecule has 4 heteroatoms. The molecule has 0 aliphatic rings. The lowest BCUT2D eigenvalue weighted by Gasteiger charge is -2.12. The first-order valence-electron chi connectivity index (χ1n) is 9.61. The molecule has 0 spiro atoms. The third-order valence-corrected chi connectivity index (χ3v) is 4.53. The predicted octanol–water partition coefficient (Wildman–Crippen LogP) is 5.50. The molecule has 1 unspecified atom stereocenters. The first-order valence-corrected chi connectivity index (χ1v) is 9.61. The van der Waals surface area contributed by atoms with Crippen molar-refractivity contribution in [3.05, 3.63) is 59.7 Å². The van der Waals surface area contributed by atoms with Crippen LogP contribution in [0.2, 0.25) is 0 Å². The van der Waals surface area contributed by atoms with E-state index in [1.165, 1.54) is 5.56 Å². The summed E-state index contributed by atoms with van der Waals surface area (Å²) in [5.41, 5.74) is 3.66. The highest BCUT2D eigenvalue weighted by molar-refractivity contribution is 5.88. The lowest BCUT2D eigenvalue weighted by atomic mass is 10.00. The van der Waals surface area contributed by atoms with Gasteiger partial charge in [-0.1, -0.05) is 43.3 Å². The number of ether oxygens (including phenoxy) is 1. The number of carboxylic acids is 1. The Morgan fingerprint density at radius 3 is 2.11 bits per heavy atom. The molecule has 1 N–H and O–H groups in total. The van der Waals surface area contributed by atoms with Crippen molar-refractivity contribution in [1.82, 2.24) is 0 Å². The molecule has 0 amide bonds. The second-order valence-electron chi connectivity index (χ2n) is 6.88. The van der Waals surface area contributed by atoms with E-state index in [-0.39, 0.29) is 12.1 Å². The molecule has 0 radical (unpaired) electrons. The third kappa shape index (κ3) is 6.89. The van der Waals surface area contributed by atoms with E-state index in [0.717, 1.165) is 43.2 Å². The minimum absolute atomic E-state index is 0.0137. The normalized spacial score (nSPS) is 11.8. The van der Waals surface area contributed by atoms with Crippen molar-refractivity contribution in [2.24, 2.45) is 0 Å². The molecule has 2 rings (SSSR count). The number of benzene rings is 2. The lowest BCUT2D eigenvalue weighted by Crippen LogP contribution is -2.14. The maximum absolute atomic E-state index is 11.5. The van der Waals surface area contributed by atoms with Gasteiger partial charge in [-0.25, -0.2) is 4.79 Å². The number of unbranched alkanes of at least 4 members (excludes halogenated alkanes) is 1. The maximum Gasteiger partial charge on any atom is 0.335 e. The van der Waals surface area contributed by atoms with E-state index in [2.05, 4.69) is 24.3 Å². The van der Waals surface area contributed by atoms with Crippen molar-refractivity contribution in [2.45, 2.75) is 58.5 Å². The standard InChI is InChI=1S/C23H28O4/c1-3-6-22(24)27-17(2)7-4-5-8-18-9-11-19(12-10-18)20-13-15-21(16-14-20)23(25)26/h9-17H,3-8H2,1-2H3,(H,25,26). The van der Waals surface area contributed by atoms with Gasteiger partial charge in [-0.15, -0.1) is 0 Å². The van der Waals surface area contributed by atoms with Gasteiger partial charge in [0.25, 0.3) is 0 Å². The van der Waals surface area contributed by atoms with Crippen LogP contribution >= 0.6 is 0 Å². The lowest BCUT2D eigenvalue weighted by molar-refractivity contribution is -0.148. The Hall–Kier alpha value is -2.62. The topological polar surface area (TPSA) is 63.6 Å². The molecule has 0 bridgehead atoms. The number of esters is 1. The van der Waals surface area contributed by atoms with E-state index in [0.29, 0.717) is 12.0 Å². The van der Waals surface area contributed by atoms with E-state index in [1.807, 2.05) is 26.0 Å². The molecule has 4 nitrogen and oxygen atoms in total. The Morgan fingerprint density at radius 1 is 0.963 bits per heavy atom. The van der Waals surface area contributed by atoms with Gasteiger partial charge < -0.3 is 9.84 Å². The summed E-state index contributed by atoms with van der Waals surface area (Å²) in [7, 11) is 0. The summed E-state index contributed by atoms with van der Waals surface area (Å²) >= 11 is 0. The van der Waals surface area contributed by atoms with Crippen LogP contribution < -0.4 is 0 Å². The number of carboxylic acid groups (broad SMARTS) is 1. The first kappa shape index (κ1) is 20.7. The van der Waals surface area contributed by atoms with E-state index in [1.54, 1.807) is 12.1 Å². The van der Waals surface area contributed by atoms with E-state index in [4.69, 9.17) is 9.84 Å². The summed E-state index contributed by atoms with van der Waals surface area (Å²) in [5.74, 6) is -1.01. The molecular formula is C23H28O4. The van der Waals surface area contributed by atoms with E-state index in [9.17, 15) is 9.59 Å². The van der Waals surface area contributed by atoms with Crippen LogP contribution in [0.25, 0.3) is 11.1 Å². The van der Waals surface area contributed by atoms with Crippen molar-refractivity contribution in [3.63, 3.8) is 0 Å². The largest absolute Gasteiger partial charge is 0.478 e. The monoisotopic (exact) mass is 368 g/mol. The molecule has 1 atom stereocenters. The number of carbonyl (C=O) groups is 2. The second kappa shape index (κ2) is 10.5. The summed E-state index contributed by atoms with van der Waals surface area (Å²) in [6.45, 7) is 3.93. The van der Waals surface area contributed by atoms with Gasteiger partial charge in [0.1, 0.15) is 0 Å². The molecular weight excluding hydrogens is 340 g/mol. The first-order chi connectivity index (χ1) is 13.0. The smallest absolute Gasteiger partial charge is 0.335 e. The Bertz CT molecular complexity index is 732. The Balaban J connectivity index is 1.77. The van der Waals surface area contributed by atoms with E-state index < -0.39 is 5.97 Å². The fraction of sp³-hybridized carbons (Fsp3) is 0.391. The summed E-state index contributed by atoms with van der Waals surface area (Å²) < 4.78 is 5.36. The minimum atomic E-state index is -0.911. The van der Waals surface area contributed by atoms with Gasteiger partial charge in [0, 0.05) is 6.42 Å². The zero-order valence-electron chi connectivity index (χ0n) is 16.1. The summed E-state index contributed by atoms with van der Waals surface area (Å²) in [4.78, 5) is 22.4. The van der Waals surface area contributed by atoms with Gasteiger partial charge in [0.15, 0.2) is 0 Å². The fourth-order valence-electron chi connectivity index (χ4n) is 2.98. The average Bonchev–Trinajstić information content (AvgIpc) is 2.66. The number of aromatic carboxylic acids is 1. The van der Waals surface area contributed by atoms with Gasteiger partial charge in [-0.2, -0.15) is 0 Å². The van der Waals surface area contributed by atoms with Crippen molar-refractivity contribution in [2.75, 3.05) is 0 Å². The van der Waals surface area contributed by atoms with Crippen LogP contribution in [0.3, 0.4) is 0 Å². The summed E-state index contributed by atoms with van der Waals surface area (Å²) in [5, 5.41) is 8.96. The highest BCUT2D eigenvalue weighted by atomic mass is 16.5. The van der Waals surface area contributed by atoms with Crippen LogP contribution in [0.1, 0.15) is 61.9 Å². The van der Waals surface area contributed by atoms with Crippen LogP contribution in [0, 0.1) is 0 Å². The molecule has 27 heavy (non-hydrogen) atoms. The average molecular weight is 368 g/mol. The number of rotatable bonds is 10. The Morgan fingerprint density at radius 2 is 1.56 bits per heavy atom. The molecule has 0 aromatic heterocycles. The summed E-state index contributed by atoms with van der Waals surface area (Å²) in [6, 6.07) is 15.3. The minimum Gasteiger partial charge on any atom is -0.478 e. The van der Waals surface area contributed by atoms with Crippen molar-refractivity contribution >= 4 is 11.9 Å². The third-order valence-electron chi connectivity index (χ3n) is 4.53. The van der Waals surface area contributed by atoms with Crippen LogP contribution in [0.15, 0.2) is 48.5 Å². The second-order valence-corrected chi connectivity index (χ2v) is 6.88. The van der Waals surface area contributed by atoms with Gasteiger partial charge >= 0.3 is 11.9 Å². The van der Waals surface area contributed by atoms with Crippen LogP contribution in [-0.4, -0.2) is 23.1 Å². The van der Waals surface area contributed by atoms with Crippen molar-refractivity contribution < 1.29 is 19.4 Å². The van der Waals surface area contributed by atoms with Crippen LogP contribution in [-0.2, 0) is 16.0 Å².